The molecule has 2 N–H and O–H groups in total. The molecule has 1 aliphatic carbocycles. The Morgan fingerprint density at radius 1 is 1.06 bits per heavy atom. The standard InChI is InChI=1S/C22H25N3O6/c1-31-22(30)13-7-5-12(6-8-13)19(27)23-16-4-2-3-14-15(16)11-25(21(14)29)17-9-10-18(26)24-20(17)28/h2-4,12-13,17H,5-11H2,1H3,(H,23,27)(H,24,26,28)/t12-,13-,17?. The number of nitrogens with one attached hydrogen (secondary N) is 2. The topological polar surface area (TPSA) is 122 Å². The number of piperidine rings is 1. The number of nitrogens with zero attached hydrogens (tertiary/aromatic N) is 1. The van der Waals surface area contributed by atoms with E-state index in [0.717, 1.165) is 0 Å². The Morgan fingerprint density at radius 3 is 2.45 bits per heavy atom. The summed E-state index contributed by atoms with van der Waals surface area (Å²) in [6, 6.07) is 4.43. The van der Waals surface area contributed by atoms with Crippen LogP contribution in [-0.2, 0) is 30.5 Å². The summed E-state index contributed by atoms with van der Waals surface area (Å²) < 4.78 is 4.79. The first-order valence-corrected chi connectivity index (χ1v) is 10.5. The fourth-order valence-electron chi connectivity index (χ4n) is 4.70. The van der Waals surface area contributed by atoms with Crippen molar-refractivity contribution >= 4 is 35.3 Å². The van der Waals surface area contributed by atoms with Gasteiger partial charge in [-0.25, -0.2) is 0 Å². The molecule has 0 bridgehead atoms. The highest BCUT2D eigenvalue weighted by Crippen LogP contribution is 2.34. The molecule has 1 aromatic rings. The minimum Gasteiger partial charge on any atom is -0.469 e. The zero-order chi connectivity index (χ0) is 22.1. The lowest BCUT2D eigenvalue weighted by atomic mass is 9.81. The van der Waals surface area contributed by atoms with Crippen molar-refractivity contribution in [1.82, 2.24) is 10.2 Å². The Labute approximate surface area is 179 Å². The molecule has 1 unspecified atom stereocenters. The molecule has 9 heteroatoms. The van der Waals surface area contributed by atoms with Gasteiger partial charge in [0.25, 0.3) is 5.91 Å². The van der Waals surface area contributed by atoms with Crippen molar-refractivity contribution in [3.63, 3.8) is 0 Å². The third kappa shape index (κ3) is 4.04. The summed E-state index contributed by atoms with van der Waals surface area (Å²) in [7, 11) is 1.37. The number of hydrogen-bond donors (Lipinski definition) is 2. The van der Waals surface area contributed by atoms with E-state index in [0.29, 0.717) is 42.5 Å². The van der Waals surface area contributed by atoms with Crippen molar-refractivity contribution in [1.29, 1.82) is 0 Å². The van der Waals surface area contributed by atoms with Crippen molar-refractivity contribution in [3.8, 4) is 0 Å². The molecule has 0 aromatic heterocycles. The van der Waals surface area contributed by atoms with E-state index >= 15 is 0 Å². The van der Waals surface area contributed by atoms with Gasteiger partial charge in [0.2, 0.25) is 17.7 Å². The van der Waals surface area contributed by atoms with Crippen molar-refractivity contribution in [2.45, 2.75) is 51.1 Å². The maximum Gasteiger partial charge on any atom is 0.308 e. The lowest BCUT2D eigenvalue weighted by molar-refractivity contribution is -0.147. The number of fused-ring (bicyclic) bond motifs is 1. The van der Waals surface area contributed by atoms with Crippen LogP contribution in [0.4, 0.5) is 5.69 Å². The molecule has 4 rings (SSSR count). The summed E-state index contributed by atoms with van der Waals surface area (Å²) in [5.74, 6) is -1.81. The Morgan fingerprint density at radius 2 is 1.77 bits per heavy atom. The minimum atomic E-state index is -0.699. The number of amides is 4. The number of methoxy groups -OCH3 is 1. The second-order valence-corrected chi connectivity index (χ2v) is 8.29. The highest BCUT2D eigenvalue weighted by molar-refractivity contribution is 6.06. The van der Waals surface area contributed by atoms with Gasteiger partial charge in [-0.1, -0.05) is 6.07 Å². The molecular formula is C22H25N3O6. The average Bonchev–Trinajstić information content (AvgIpc) is 3.10. The van der Waals surface area contributed by atoms with E-state index in [9.17, 15) is 24.0 Å². The van der Waals surface area contributed by atoms with Gasteiger partial charge in [0.05, 0.1) is 13.0 Å². The van der Waals surface area contributed by atoms with Crippen LogP contribution in [0.1, 0.15) is 54.4 Å². The van der Waals surface area contributed by atoms with Crippen LogP contribution in [0.25, 0.3) is 0 Å². The van der Waals surface area contributed by atoms with Crippen LogP contribution in [-0.4, -0.2) is 47.6 Å². The van der Waals surface area contributed by atoms with Gasteiger partial charge >= 0.3 is 5.97 Å². The summed E-state index contributed by atoms with van der Waals surface area (Å²) in [5.41, 5.74) is 1.69. The first kappa shape index (κ1) is 21.0. The van der Waals surface area contributed by atoms with Crippen LogP contribution in [0.2, 0.25) is 0 Å². The van der Waals surface area contributed by atoms with E-state index in [1.807, 2.05) is 0 Å². The zero-order valence-corrected chi connectivity index (χ0v) is 17.3. The molecule has 1 aromatic carbocycles. The first-order valence-electron chi connectivity index (χ1n) is 10.5. The Hall–Kier alpha value is -3.23. The number of anilines is 1. The quantitative estimate of drug-likeness (QED) is 0.553. The second kappa shape index (κ2) is 8.49. The van der Waals surface area contributed by atoms with Crippen LogP contribution in [0, 0.1) is 11.8 Å². The highest BCUT2D eigenvalue weighted by atomic mass is 16.5. The Kier molecular flexibility index (Phi) is 5.75. The van der Waals surface area contributed by atoms with Gasteiger partial charge < -0.3 is 15.0 Å². The molecule has 31 heavy (non-hydrogen) atoms. The first-order chi connectivity index (χ1) is 14.9. The predicted molar refractivity (Wildman–Crippen MR) is 109 cm³/mol. The number of imide groups is 1. The van der Waals surface area contributed by atoms with Gasteiger partial charge in [-0.15, -0.1) is 0 Å². The molecule has 9 nitrogen and oxygen atoms in total. The predicted octanol–water partition coefficient (Wildman–Crippen LogP) is 1.37. The van der Waals surface area contributed by atoms with Crippen LogP contribution < -0.4 is 10.6 Å². The lowest BCUT2D eigenvalue weighted by Gasteiger charge is -2.29. The maximum atomic E-state index is 12.9. The molecule has 164 valence electrons. The molecule has 4 amide bonds. The average molecular weight is 427 g/mol. The molecule has 1 atom stereocenters. The number of ether oxygens (including phenoxy) is 1. The van der Waals surface area contributed by atoms with Crippen LogP contribution in [0.5, 0.6) is 0 Å². The van der Waals surface area contributed by atoms with Crippen molar-refractivity contribution in [2.24, 2.45) is 11.8 Å². The van der Waals surface area contributed by atoms with Crippen molar-refractivity contribution in [2.75, 3.05) is 12.4 Å². The smallest absolute Gasteiger partial charge is 0.308 e. The van der Waals surface area contributed by atoms with Crippen molar-refractivity contribution < 1.29 is 28.7 Å². The molecule has 2 aliphatic heterocycles. The lowest BCUT2D eigenvalue weighted by Crippen LogP contribution is -2.52. The SMILES string of the molecule is COC(=O)[C@H]1CC[C@H](C(=O)Nc2cccc3c2CN(C2CCC(=O)NC2=O)C3=O)CC1. The Balaban J connectivity index is 1.44. The third-order valence-electron chi connectivity index (χ3n) is 6.47. The molecule has 2 heterocycles. The summed E-state index contributed by atoms with van der Waals surface area (Å²) in [6.07, 6.45) is 2.90. The summed E-state index contributed by atoms with van der Waals surface area (Å²) in [5, 5.41) is 5.23. The maximum absolute atomic E-state index is 12.9. The van der Waals surface area contributed by atoms with Crippen LogP contribution in [0.15, 0.2) is 18.2 Å². The number of carbonyl (C=O) groups is 5. The summed E-state index contributed by atoms with van der Waals surface area (Å²) in [6.45, 7) is 0.200. The molecule has 2 fully saturated rings. The summed E-state index contributed by atoms with van der Waals surface area (Å²) >= 11 is 0. The van der Waals surface area contributed by atoms with E-state index < -0.39 is 11.9 Å². The van der Waals surface area contributed by atoms with Gasteiger partial charge in [0.1, 0.15) is 6.04 Å². The van der Waals surface area contributed by atoms with E-state index in [-0.39, 0.29) is 54.9 Å². The number of carbonyl (C=O) groups excluding carboxylic acids is 5. The van der Waals surface area contributed by atoms with E-state index in [1.165, 1.54) is 12.0 Å². The van der Waals surface area contributed by atoms with Crippen LogP contribution >= 0.6 is 0 Å². The van der Waals surface area contributed by atoms with Crippen molar-refractivity contribution in [3.05, 3.63) is 29.3 Å². The van der Waals surface area contributed by atoms with Gasteiger partial charge in [0, 0.05) is 35.7 Å². The van der Waals surface area contributed by atoms with Gasteiger partial charge in [0.15, 0.2) is 0 Å². The van der Waals surface area contributed by atoms with E-state index in [2.05, 4.69) is 10.6 Å². The van der Waals surface area contributed by atoms with E-state index in [1.54, 1.807) is 18.2 Å². The molecule has 3 aliphatic rings. The summed E-state index contributed by atoms with van der Waals surface area (Å²) in [4.78, 5) is 62.5. The second-order valence-electron chi connectivity index (χ2n) is 8.29. The Bertz CT molecular complexity index is 951. The van der Waals surface area contributed by atoms with Gasteiger partial charge in [-0.3, -0.25) is 29.3 Å². The number of benzene rings is 1. The fourth-order valence-corrected chi connectivity index (χ4v) is 4.70. The molecule has 1 saturated carbocycles. The molecule has 0 radical (unpaired) electrons. The number of rotatable bonds is 4. The monoisotopic (exact) mass is 427 g/mol. The van der Waals surface area contributed by atoms with Crippen LogP contribution in [0.3, 0.4) is 0 Å². The minimum absolute atomic E-state index is 0.136. The van der Waals surface area contributed by atoms with Gasteiger partial charge in [-0.05, 0) is 44.2 Å². The van der Waals surface area contributed by atoms with Gasteiger partial charge in [-0.2, -0.15) is 0 Å². The third-order valence-corrected chi connectivity index (χ3v) is 6.47. The molecule has 0 spiro atoms. The number of hydrogen-bond acceptors (Lipinski definition) is 6. The fraction of sp³-hybridized carbons (Fsp3) is 0.500. The molecular weight excluding hydrogens is 402 g/mol. The normalized spacial score (nSPS) is 25.6. The number of esters is 1. The van der Waals surface area contributed by atoms with E-state index in [4.69, 9.17) is 4.74 Å². The highest BCUT2D eigenvalue weighted by Gasteiger charge is 2.40. The zero-order valence-electron chi connectivity index (χ0n) is 17.3. The molecule has 1 saturated heterocycles. The largest absolute Gasteiger partial charge is 0.469 e.